The molecule has 1 aliphatic rings. The van der Waals surface area contributed by atoms with Gasteiger partial charge in [-0.25, -0.2) is 14.4 Å². The summed E-state index contributed by atoms with van der Waals surface area (Å²) in [6, 6.07) is 16.0. The van der Waals surface area contributed by atoms with E-state index in [1.807, 2.05) is 55.7 Å². The smallest absolute Gasteiger partial charge is 0.283 e. The zero-order valence-electron chi connectivity index (χ0n) is 22.8. The number of rotatable bonds is 5. The first-order valence-electron chi connectivity index (χ1n) is 12.9. The second-order valence-corrected chi connectivity index (χ2v) is 11.9. The van der Waals surface area contributed by atoms with Crippen molar-refractivity contribution in [2.75, 3.05) is 0 Å². The van der Waals surface area contributed by atoms with E-state index in [-0.39, 0.29) is 16.7 Å². The van der Waals surface area contributed by atoms with Gasteiger partial charge in [0, 0.05) is 35.8 Å². The standard InChI is InChI=1S/C29H32N6O3S/c1-19-14-22(17-29(3,4)16-19)31-33-25(21-10-9-13-24(15-21)35(37)38)18-39-28(33)30-26-20(2)32(5)34(27(26)36)23-11-7-6-8-12-23/h6-13,15,18-19H,14,16-17H2,1-5H3. The molecule has 0 aliphatic heterocycles. The van der Waals surface area contributed by atoms with Crippen LogP contribution in [-0.2, 0) is 7.05 Å². The molecule has 10 heteroatoms. The first kappa shape index (κ1) is 26.6. The van der Waals surface area contributed by atoms with Crippen molar-refractivity contribution in [1.29, 1.82) is 0 Å². The molecular formula is C29H32N6O3S. The number of aromatic nitrogens is 3. The maximum absolute atomic E-state index is 13.6. The second-order valence-electron chi connectivity index (χ2n) is 11.1. The number of hydrogen-bond acceptors (Lipinski definition) is 6. The summed E-state index contributed by atoms with van der Waals surface area (Å²) in [6.45, 7) is 8.61. The number of nitrogens with zero attached hydrogens (tertiary/aromatic N) is 6. The Kier molecular flexibility index (Phi) is 6.98. The first-order valence-corrected chi connectivity index (χ1v) is 13.8. The molecule has 0 saturated heterocycles. The van der Waals surface area contributed by atoms with Crippen LogP contribution in [0.4, 0.5) is 11.4 Å². The van der Waals surface area contributed by atoms with E-state index in [4.69, 9.17) is 10.1 Å². The van der Waals surface area contributed by atoms with E-state index in [1.54, 1.807) is 26.2 Å². The van der Waals surface area contributed by atoms with Gasteiger partial charge in [0.05, 0.1) is 22.0 Å². The van der Waals surface area contributed by atoms with Crippen LogP contribution in [0, 0.1) is 28.4 Å². The topological polar surface area (TPSA) is 99.7 Å². The Hall–Kier alpha value is -4.05. The van der Waals surface area contributed by atoms with Gasteiger partial charge in [-0.1, -0.05) is 51.1 Å². The van der Waals surface area contributed by atoms with Gasteiger partial charge < -0.3 is 0 Å². The molecule has 0 radical (unpaired) electrons. The Balaban J connectivity index is 1.72. The fraction of sp³-hybridized carbons (Fsp3) is 0.345. The Morgan fingerprint density at radius 2 is 1.87 bits per heavy atom. The molecule has 9 nitrogen and oxygen atoms in total. The van der Waals surface area contributed by atoms with Crippen LogP contribution in [0.1, 0.15) is 45.7 Å². The highest BCUT2D eigenvalue weighted by Crippen LogP contribution is 2.37. The van der Waals surface area contributed by atoms with Crippen LogP contribution >= 0.6 is 11.3 Å². The molecule has 4 aromatic rings. The second kappa shape index (κ2) is 10.3. The SMILES string of the molecule is Cc1c(N=c2scc(-c3cccc([N+](=O)[O-])c3)n2N=C2CC(C)CC(C)(C)C2)c(=O)n(-c2ccccc2)n1C. The van der Waals surface area contributed by atoms with Gasteiger partial charge in [-0.2, -0.15) is 5.10 Å². The third kappa shape index (κ3) is 5.29. The molecule has 202 valence electrons. The minimum absolute atomic E-state index is 0.00784. The largest absolute Gasteiger partial charge is 0.297 e. The zero-order chi connectivity index (χ0) is 27.9. The van der Waals surface area contributed by atoms with Crippen LogP contribution in [0.2, 0.25) is 0 Å². The molecule has 5 rings (SSSR count). The third-order valence-corrected chi connectivity index (χ3v) is 7.99. The van der Waals surface area contributed by atoms with Crippen molar-refractivity contribution >= 4 is 28.4 Å². The van der Waals surface area contributed by atoms with Crippen molar-refractivity contribution in [1.82, 2.24) is 14.0 Å². The fourth-order valence-corrected chi connectivity index (χ4v) is 6.40. The van der Waals surface area contributed by atoms with Crippen molar-refractivity contribution in [3.63, 3.8) is 0 Å². The van der Waals surface area contributed by atoms with Crippen LogP contribution in [0.5, 0.6) is 0 Å². The molecule has 1 saturated carbocycles. The van der Waals surface area contributed by atoms with Gasteiger partial charge >= 0.3 is 0 Å². The van der Waals surface area contributed by atoms with Gasteiger partial charge in [-0.3, -0.25) is 19.6 Å². The maximum atomic E-state index is 13.6. The number of para-hydroxylation sites is 1. The predicted octanol–water partition coefficient (Wildman–Crippen LogP) is 6.21. The number of nitro benzene ring substituents is 1. The van der Waals surface area contributed by atoms with E-state index >= 15 is 0 Å². The average Bonchev–Trinajstić information content (AvgIpc) is 3.36. The van der Waals surface area contributed by atoms with Crippen molar-refractivity contribution in [2.45, 2.75) is 47.0 Å². The molecule has 1 atom stereocenters. The van der Waals surface area contributed by atoms with Crippen LogP contribution in [0.25, 0.3) is 16.9 Å². The number of thiazole rings is 1. The van der Waals surface area contributed by atoms with E-state index in [1.165, 1.54) is 17.4 Å². The summed E-state index contributed by atoms with van der Waals surface area (Å²) in [5, 5.41) is 18.5. The fourth-order valence-electron chi connectivity index (χ4n) is 5.56. The van der Waals surface area contributed by atoms with Gasteiger partial charge in [-0.05, 0) is 49.7 Å². The van der Waals surface area contributed by atoms with Crippen molar-refractivity contribution < 1.29 is 4.92 Å². The van der Waals surface area contributed by atoms with E-state index < -0.39 is 4.92 Å². The van der Waals surface area contributed by atoms with Gasteiger partial charge in [0.15, 0.2) is 5.69 Å². The van der Waals surface area contributed by atoms with E-state index in [9.17, 15) is 14.9 Å². The van der Waals surface area contributed by atoms with Crippen molar-refractivity contribution in [2.24, 2.45) is 28.5 Å². The Morgan fingerprint density at radius 1 is 1.13 bits per heavy atom. The Morgan fingerprint density at radius 3 is 2.56 bits per heavy atom. The van der Waals surface area contributed by atoms with Crippen LogP contribution < -0.4 is 10.4 Å². The lowest BCUT2D eigenvalue weighted by Gasteiger charge is -2.34. The number of hydrogen-bond donors (Lipinski definition) is 0. The zero-order valence-corrected chi connectivity index (χ0v) is 23.6. The summed E-state index contributed by atoms with van der Waals surface area (Å²) < 4.78 is 5.16. The molecule has 1 fully saturated rings. The quantitative estimate of drug-likeness (QED) is 0.221. The number of benzene rings is 2. The Labute approximate surface area is 230 Å². The summed E-state index contributed by atoms with van der Waals surface area (Å²) in [5.41, 5.74) is 4.13. The summed E-state index contributed by atoms with van der Waals surface area (Å²) in [4.78, 5) is 30.0. The van der Waals surface area contributed by atoms with Gasteiger partial charge in [0.1, 0.15) is 0 Å². The van der Waals surface area contributed by atoms with Gasteiger partial charge in [-0.15, -0.1) is 11.3 Å². The third-order valence-electron chi connectivity index (χ3n) is 7.18. The average molecular weight is 545 g/mol. The van der Waals surface area contributed by atoms with Crippen molar-refractivity contribution in [3.8, 4) is 16.9 Å². The molecule has 1 unspecified atom stereocenters. The molecule has 0 amide bonds. The summed E-state index contributed by atoms with van der Waals surface area (Å²) >= 11 is 1.36. The van der Waals surface area contributed by atoms with Crippen molar-refractivity contribution in [3.05, 3.63) is 90.9 Å². The summed E-state index contributed by atoms with van der Waals surface area (Å²) in [5.74, 6) is 0.489. The minimum atomic E-state index is -0.401. The molecule has 2 aromatic carbocycles. The van der Waals surface area contributed by atoms with E-state index in [0.717, 1.165) is 36.4 Å². The van der Waals surface area contributed by atoms with Gasteiger partial charge in [0.25, 0.3) is 11.2 Å². The highest BCUT2D eigenvalue weighted by Gasteiger charge is 2.30. The van der Waals surface area contributed by atoms with E-state index in [2.05, 4.69) is 20.8 Å². The number of nitro groups is 1. The maximum Gasteiger partial charge on any atom is 0.297 e. The molecule has 2 heterocycles. The lowest BCUT2D eigenvalue weighted by Crippen LogP contribution is -2.29. The van der Waals surface area contributed by atoms with Crippen LogP contribution in [-0.4, -0.2) is 24.7 Å². The highest BCUT2D eigenvalue weighted by molar-refractivity contribution is 7.07. The minimum Gasteiger partial charge on any atom is -0.283 e. The molecular weight excluding hydrogens is 512 g/mol. The molecule has 0 N–H and O–H groups in total. The monoisotopic (exact) mass is 544 g/mol. The first-order chi connectivity index (χ1) is 18.5. The highest BCUT2D eigenvalue weighted by atomic mass is 32.1. The summed E-state index contributed by atoms with van der Waals surface area (Å²) in [6.07, 6.45) is 2.84. The molecule has 1 aliphatic carbocycles. The van der Waals surface area contributed by atoms with Crippen LogP contribution in [0.15, 0.2) is 74.9 Å². The van der Waals surface area contributed by atoms with E-state index in [0.29, 0.717) is 27.7 Å². The number of non-ortho nitro benzene ring substituents is 1. The lowest BCUT2D eigenvalue weighted by molar-refractivity contribution is -0.384. The van der Waals surface area contributed by atoms with Gasteiger partial charge in [0.2, 0.25) is 4.80 Å². The normalized spacial score (nSPS) is 18.5. The van der Waals surface area contributed by atoms with Crippen LogP contribution in [0.3, 0.4) is 0 Å². The molecule has 0 bridgehead atoms. The molecule has 0 spiro atoms. The molecule has 2 aromatic heterocycles. The lowest BCUT2D eigenvalue weighted by atomic mass is 9.72. The predicted molar refractivity (Wildman–Crippen MR) is 155 cm³/mol. The Bertz CT molecular complexity index is 1700. The summed E-state index contributed by atoms with van der Waals surface area (Å²) in [7, 11) is 1.84. The molecule has 39 heavy (non-hydrogen) atoms.